The molecule has 0 spiro atoms. The molecular weight excluding hydrogens is 212 g/mol. The second-order valence-corrected chi connectivity index (χ2v) is 4.29. The molecule has 0 radical (unpaired) electrons. The van der Waals surface area contributed by atoms with Gasteiger partial charge in [0.25, 0.3) is 0 Å². The van der Waals surface area contributed by atoms with E-state index in [1.807, 2.05) is 6.92 Å². The molecule has 0 aliphatic heterocycles. The lowest BCUT2D eigenvalue weighted by atomic mass is 9.91. The summed E-state index contributed by atoms with van der Waals surface area (Å²) in [7, 11) is 0. The molecule has 5 nitrogen and oxygen atoms in total. The van der Waals surface area contributed by atoms with Gasteiger partial charge in [-0.2, -0.15) is 0 Å². The van der Waals surface area contributed by atoms with Crippen molar-refractivity contribution in [1.29, 1.82) is 0 Å². The van der Waals surface area contributed by atoms with Gasteiger partial charge in [0, 0.05) is 6.92 Å². The van der Waals surface area contributed by atoms with E-state index in [2.05, 4.69) is 4.74 Å². The molecule has 1 N–H and O–H groups in total. The van der Waals surface area contributed by atoms with Gasteiger partial charge in [0.2, 0.25) is 0 Å². The fourth-order valence-electron chi connectivity index (χ4n) is 0.773. The number of hydrogen-bond acceptors (Lipinski definition) is 5. The van der Waals surface area contributed by atoms with Gasteiger partial charge in [-0.05, 0) is 20.3 Å². The van der Waals surface area contributed by atoms with E-state index in [1.165, 1.54) is 6.92 Å². The van der Waals surface area contributed by atoms with Crippen molar-refractivity contribution < 1.29 is 24.2 Å². The molecule has 0 rings (SSSR count). The Morgan fingerprint density at radius 3 is 2.19 bits per heavy atom. The summed E-state index contributed by atoms with van der Waals surface area (Å²) in [6.45, 7) is 6.36. The monoisotopic (exact) mass is 232 g/mol. The van der Waals surface area contributed by atoms with Crippen molar-refractivity contribution in [3.05, 3.63) is 0 Å². The molecule has 0 aromatic rings. The van der Waals surface area contributed by atoms with Crippen molar-refractivity contribution in [2.24, 2.45) is 5.41 Å². The van der Waals surface area contributed by atoms with Crippen LogP contribution < -0.4 is 0 Å². The lowest BCUT2D eigenvalue weighted by Crippen LogP contribution is -2.31. The van der Waals surface area contributed by atoms with Gasteiger partial charge in [-0.15, -0.1) is 0 Å². The van der Waals surface area contributed by atoms with Crippen LogP contribution in [0.1, 0.15) is 34.1 Å². The Bertz CT molecular complexity index is 247. The minimum atomic E-state index is -0.972. The van der Waals surface area contributed by atoms with Crippen LogP contribution in [-0.4, -0.2) is 36.4 Å². The zero-order chi connectivity index (χ0) is 12.8. The summed E-state index contributed by atoms with van der Waals surface area (Å²) in [4.78, 5) is 21.9. The molecule has 16 heavy (non-hydrogen) atoms. The standard InChI is InChI=1S/C11H20O5/c1-5-11(3,4)10(14)16-7-9(13)6-15-8(2)12/h9,13H,5-7H2,1-4H3. The number of carbonyl (C=O) groups excluding carboxylic acids is 2. The Labute approximate surface area is 95.7 Å². The first-order valence-corrected chi connectivity index (χ1v) is 5.28. The Kier molecular flexibility index (Phi) is 6.03. The second kappa shape index (κ2) is 6.48. The molecule has 0 fully saturated rings. The smallest absolute Gasteiger partial charge is 0.311 e. The van der Waals surface area contributed by atoms with Crippen molar-refractivity contribution in [1.82, 2.24) is 0 Å². The summed E-state index contributed by atoms with van der Waals surface area (Å²) in [5.74, 6) is -0.837. The number of carbonyl (C=O) groups is 2. The predicted molar refractivity (Wildman–Crippen MR) is 57.7 cm³/mol. The normalized spacial score (nSPS) is 13.1. The first-order chi connectivity index (χ1) is 7.29. The fourth-order valence-corrected chi connectivity index (χ4v) is 0.773. The van der Waals surface area contributed by atoms with Gasteiger partial charge in [-0.1, -0.05) is 6.92 Å². The van der Waals surface area contributed by atoms with Crippen molar-refractivity contribution in [2.75, 3.05) is 13.2 Å². The quantitative estimate of drug-likeness (QED) is 0.688. The highest BCUT2D eigenvalue weighted by atomic mass is 16.6. The zero-order valence-corrected chi connectivity index (χ0v) is 10.3. The van der Waals surface area contributed by atoms with E-state index in [9.17, 15) is 14.7 Å². The maximum atomic E-state index is 11.5. The number of aliphatic hydroxyl groups is 1. The van der Waals surface area contributed by atoms with Gasteiger partial charge < -0.3 is 14.6 Å². The van der Waals surface area contributed by atoms with Crippen LogP contribution in [0.5, 0.6) is 0 Å². The van der Waals surface area contributed by atoms with E-state index in [0.29, 0.717) is 6.42 Å². The average molecular weight is 232 g/mol. The third-order valence-corrected chi connectivity index (χ3v) is 2.32. The van der Waals surface area contributed by atoms with Crippen LogP contribution in [-0.2, 0) is 19.1 Å². The number of ether oxygens (including phenoxy) is 2. The molecule has 0 saturated carbocycles. The lowest BCUT2D eigenvalue weighted by molar-refractivity contribution is -0.159. The molecule has 5 heteroatoms. The maximum absolute atomic E-state index is 11.5. The number of rotatable bonds is 6. The van der Waals surface area contributed by atoms with Crippen LogP contribution >= 0.6 is 0 Å². The van der Waals surface area contributed by atoms with Crippen LogP contribution in [0.2, 0.25) is 0 Å². The minimum absolute atomic E-state index is 0.157. The van der Waals surface area contributed by atoms with Crippen LogP contribution in [0, 0.1) is 5.41 Å². The molecule has 0 saturated heterocycles. The van der Waals surface area contributed by atoms with E-state index in [0.717, 1.165) is 0 Å². The highest BCUT2D eigenvalue weighted by Gasteiger charge is 2.27. The van der Waals surface area contributed by atoms with Gasteiger partial charge in [0.05, 0.1) is 5.41 Å². The van der Waals surface area contributed by atoms with E-state index in [1.54, 1.807) is 13.8 Å². The minimum Gasteiger partial charge on any atom is -0.463 e. The molecular formula is C11H20O5. The summed E-state index contributed by atoms with van der Waals surface area (Å²) in [6, 6.07) is 0. The van der Waals surface area contributed by atoms with E-state index in [4.69, 9.17) is 4.74 Å². The molecule has 0 aliphatic carbocycles. The summed E-state index contributed by atoms with van der Waals surface area (Å²) < 4.78 is 9.48. The van der Waals surface area contributed by atoms with Gasteiger partial charge in [-0.25, -0.2) is 0 Å². The first-order valence-electron chi connectivity index (χ1n) is 5.28. The topological polar surface area (TPSA) is 72.8 Å². The summed E-state index contributed by atoms with van der Waals surface area (Å²) >= 11 is 0. The SMILES string of the molecule is CCC(C)(C)C(=O)OCC(O)COC(C)=O. The van der Waals surface area contributed by atoms with Crippen LogP contribution in [0.4, 0.5) is 0 Å². The zero-order valence-electron chi connectivity index (χ0n) is 10.3. The van der Waals surface area contributed by atoms with Crippen LogP contribution in [0.3, 0.4) is 0 Å². The van der Waals surface area contributed by atoms with Gasteiger partial charge in [-0.3, -0.25) is 9.59 Å². The summed E-state index contributed by atoms with van der Waals surface area (Å²) in [6.07, 6.45) is -0.313. The highest BCUT2D eigenvalue weighted by Crippen LogP contribution is 2.21. The molecule has 1 unspecified atom stereocenters. The Hall–Kier alpha value is -1.10. The van der Waals surface area contributed by atoms with E-state index in [-0.39, 0.29) is 19.2 Å². The average Bonchev–Trinajstić information content (AvgIpc) is 2.22. The third kappa shape index (κ3) is 5.70. The first kappa shape index (κ1) is 14.9. The second-order valence-electron chi connectivity index (χ2n) is 4.29. The van der Waals surface area contributed by atoms with Crippen LogP contribution in [0.15, 0.2) is 0 Å². The van der Waals surface area contributed by atoms with Crippen molar-refractivity contribution in [3.63, 3.8) is 0 Å². The van der Waals surface area contributed by atoms with Crippen molar-refractivity contribution >= 4 is 11.9 Å². The van der Waals surface area contributed by atoms with Gasteiger partial charge in [0.15, 0.2) is 0 Å². The molecule has 0 aromatic heterocycles. The summed E-state index contributed by atoms with van der Waals surface area (Å²) in [5, 5.41) is 9.33. The fraction of sp³-hybridized carbons (Fsp3) is 0.818. The van der Waals surface area contributed by atoms with Gasteiger partial charge in [0.1, 0.15) is 19.3 Å². The van der Waals surface area contributed by atoms with E-state index >= 15 is 0 Å². The van der Waals surface area contributed by atoms with Gasteiger partial charge >= 0.3 is 11.9 Å². The molecule has 0 bridgehead atoms. The van der Waals surface area contributed by atoms with Crippen molar-refractivity contribution in [3.8, 4) is 0 Å². The maximum Gasteiger partial charge on any atom is 0.311 e. The highest BCUT2D eigenvalue weighted by molar-refractivity contribution is 5.75. The molecule has 0 amide bonds. The van der Waals surface area contributed by atoms with Crippen LogP contribution in [0.25, 0.3) is 0 Å². The third-order valence-electron chi connectivity index (χ3n) is 2.32. The molecule has 0 heterocycles. The molecule has 0 aromatic carbocycles. The molecule has 94 valence electrons. The predicted octanol–water partition coefficient (Wildman–Crippen LogP) is 0.890. The lowest BCUT2D eigenvalue weighted by Gasteiger charge is -2.21. The number of hydrogen-bond donors (Lipinski definition) is 1. The number of esters is 2. The number of aliphatic hydroxyl groups excluding tert-OH is 1. The Morgan fingerprint density at radius 2 is 1.75 bits per heavy atom. The van der Waals surface area contributed by atoms with E-state index < -0.39 is 17.5 Å². The van der Waals surface area contributed by atoms with Crippen molar-refractivity contribution in [2.45, 2.75) is 40.2 Å². The molecule has 0 aliphatic rings. The molecule has 1 atom stereocenters. The Morgan fingerprint density at radius 1 is 1.25 bits per heavy atom. The Balaban J connectivity index is 3.88. The largest absolute Gasteiger partial charge is 0.463 e. The summed E-state index contributed by atoms with van der Waals surface area (Å²) in [5.41, 5.74) is -0.554.